The second kappa shape index (κ2) is 9.08. The molecule has 0 aliphatic carbocycles. The summed E-state index contributed by atoms with van der Waals surface area (Å²) in [5.41, 5.74) is 8.44. The van der Waals surface area contributed by atoms with Crippen LogP contribution in [-0.2, 0) is 19.6 Å². The number of aromatic nitrogens is 1. The van der Waals surface area contributed by atoms with Crippen molar-refractivity contribution >= 4 is 54.8 Å². The van der Waals surface area contributed by atoms with Crippen LogP contribution >= 0.6 is 11.3 Å². The number of ether oxygens (including phenoxy) is 1. The van der Waals surface area contributed by atoms with Crippen LogP contribution in [0.1, 0.15) is 33.8 Å². The Bertz CT molecular complexity index is 1340. The zero-order chi connectivity index (χ0) is 23.8. The van der Waals surface area contributed by atoms with Crippen molar-refractivity contribution in [1.82, 2.24) is 9.29 Å². The van der Waals surface area contributed by atoms with Crippen molar-refractivity contribution in [2.75, 3.05) is 30.7 Å². The number of pyridine rings is 1. The Labute approximate surface area is 195 Å². The van der Waals surface area contributed by atoms with Gasteiger partial charge >= 0.3 is 5.97 Å². The monoisotopic (exact) mass is 488 g/mol. The maximum Gasteiger partial charge on any atom is 0.351 e. The number of carbonyl (C=O) groups is 2. The van der Waals surface area contributed by atoms with Gasteiger partial charge in [0.1, 0.15) is 9.71 Å². The molecule has 1 fully saturated rings. The highest BCUT2D eigenvalue weighted by Gasteiger charge is 2.27. The molecule has 9 nitrogen and oxygen atoms in total. The summed E-state index contributed by atoms with van der Waals surface area (Å²) >= 11 is 1.12. The van der Waals surface area contributed by atoms with Crippen LogP contribution in [0.4, 0.5) is 11.4 Å². The normalized spacial score (nSPS) is 14.5. The molecule has 174 valence electrons. The van der Waals surface area contributed by atoms with Crippen LogP contribution in [0.5, 0.6) is 0 Å². The van der Waals surface area contributed by atoms with E-state index in [9.17, 15) is 18.0 Å². The maximum absolute atomic E-state index is 12.7. The molecule has 0 spiro atoms. The topological polar surface area (TPSA) is 132 Å². The Balaban J connectivity index is 1.42. The second-order valence-electron chi connectivity index (χ2n) is 7.87. The van der Waals surface area contributed by atoms with Gasteiger partial charge in [-0.15, -0.1) is 11.3 Å². The molecule has 11 heteroatoms. The standard InChI is InChI=1S/C22H24N4O5S2/c1-13-10-14(2)24-21-18(13)19(23)20(32-21)22(28)31-12-17(27)25-15-6-5-7-16(11-15)33(29,30)26-8-3-4-9-26/h5-7,10-11H,3-4,8-9,12,23H2,1-2H3,(H,25,27). The molecule has 2 aromatic heterocycles. The van der Waals surface area contributed by atoms with Crippen LogP contribution in [0, 0.1) is 13.8 Å². The fourth-order valence-corrected chi connectivity index (χ4v) is 6.50. The van der Waals surface area contributed by atoms with E-state index in [2.05, 4.69) is 10.3 Å². The zero-order valence-corrected chi connectivity index (χ0v) is 19.9. The highest BCUT2D eigenvalue weighted by molar-refractivity contribution is 7.89. The van der Waals surface area contributed by atoms with Crippen molar-refractivity contribution in [1.29, 1.82) is 0 Å². The van der Waals surface area contributed by atoms with Gasteiger partial charge in [-0.05, 0) is 56.5 Å². The van der Waals surface area contributed by atoms with Gasteiger partial charge < -0.3 is 15.8 Å². The second-order valence-corrected chi connectivity index (χ2v) is 10.8. The third-order valence-electron chi connectivity index (χ3n) is 5.36. The SMILES string of the molecule is Cc1cc(C)c2c(N)c(C(=O)OCC(=O)Nc3cccc(S(=O)(=O)N4CCCC4)c3)sc2n1. The van der Waals surface area contributed by atoms with Crippen molar-refractivity contribution < 1.29 is 22.7 Å². The number of nitrogens with two attached hydrogens (primary N) is 1. The van der Waals surface area contributed by atoms with Gasteiger partial charge in [-0.25, -0.2) is 18.2 Å². The average Bonchev–Trinajstić information content (AvgIpc) is 3.41. The lowest BCUT2D eigenvalue weighted by Gasteiger charge is -2.16. The molecular formula is C22H24N4O5S2. The van der Waals surface area contributed by atoms with Gasteiger partial charge in [0, 0.05) is 29.9 Å². The van der Waals surface area contributed by atoms with Crippen LogP contribution in [0.25, 0.3) is 10.2 Å². The molecule has 1 aliphatic rings. The third kappa shape index (κ3) is 4.70. The molecule has 1 aromatic carbocycles. The lowest BCUT2D eigenvalue weighted by Crippen LogP contribution is -2.28. The van der Waals surface area contributed by atoms with Gasteiger partial charge in [-0.3, -0.25) is 4.79 Å². The lowest BCUT2D eigenvalue weighted by molar-refractivity contribution is -0.119. The number of fused-ring (bicyclic) bond motifs is 1. The lowest BCUT2D eigenvalue weighted by atomic mass is 10.1. The molecule has 1 saturated heterocycles. The minimum atomic E-state index is -3.60. The van der Waals surface area contributed by atoms with Gasteiger partial charge in [0.05, 0.1) is 10.6 Å². The zero-order valence-electron chi connectivity index (χ0n) is 18.3. The highest BCUT2D eigenvalue weighted by Crippen LogP contribution is 2.35. The van der Waals surface area contributed by atoms with Crippen molar-refractivity contribution in [3.05, 3.63) is 46.5 Å². The predicted molar refractivity (Wildman–Crippen MR) is 127 cm³/mol. The summed E-state index contributed by atoms with van der Waals surface area (Å²) < 4.78 is 32.0. The van der Waals surface area contributed by atoms with Gasteiger partial charge in [0.15, 0.2) is 6.61 Å². The van der Waals surface area contributed by atoms with Gasteiger partial charge in [0.2, 0.25) is 10.0 Å². The fraction of sp³-hybridized carbons (Fsp3) is 0.318. The Kier molecular flexibility index (Phi) is 6.37. The molecular weight excluding hydrogens is 464 g/mol. The number of nitrogens with zero attached hydrogens (tertiary/aromatic N) is 2. The molecule has 3 heterocycles. The molecule has 1 aliphatic heterocycles. The molecule has 0 atom stereocenters. The molecule has 0 saturated carbocycles. The van der Waals surface area contributed by atoms with E-state index >= 15 is 0 Å². The van der Waals surface area contributed by atoms with E-state index in [-0.39, 0.29) is 15.5 Å². The first-order valence-electron chi connectivity index (χ1n) is 10.4. The quantitative estimate of drug-likeness (QED) is 0.510. The molecule has 4 rings (SSSR count). The van der Waals surface area contributed by atoms with Gasteiger partial charge in [0.25, 0.3) is 5.91 Å². The molecule has 3 aromatic rings. The Morgan fingerprint density at radius 3 is 2.67 bits per heavy atom. The van der Waals surface area contributed by atoms with Crippen molar-refractivity contribution in [2.45, 2.75) is 31.6 Å². The molecule has 0 unspecified atom stereocenters. The molecule has 33 heavy (non-hydrogen) atoms. The van der Waals surface area contributed by atoms with Crippen molar-refractivity contribution in [3.8, 4) is 0 Å². The summed E-state index contributed by atoms with van der Waals surface area (Å²) in [5, 5.41) is 3.28. The Morgan fingerprint density at radius 2 is 1.94 bits per heavy atom. The largest absolute Gasteiger partial charge is 0.451 e. The van der Waals surface area contributed by atoms with E-state index in [1.807, 2.05) is 19.9 Å². The highest BCUT2D eigenvalue weighted by atomic mass is 32.2. The van der Waals surface area contributed by atoms with Crippen molar-refractivity contribution in [3.63, 3.8) is 0 Å². The van der Waals surface area contributed by atoms with E-state index in [1.54, 1.807) is 12.1 Å². The molecule has 0 radical (unpaired) electrons. The number of hydrogen-bond acceptors (Lipinski definition) is 8. The Hall–Kier alpha value is -3.02. The first-order valence-corrected chi connectivity index (χ1v) is 12.7. The average molecular weight is 489 g/mol. The smallest absolute Gasteiger partial charge is 0.351 e. The molecule has 3 N–H and O–H groups in total. The number of thiophene rings is 1. The summed E-state index contributed by atoms with van der Waals surface area (Å²) in [6.07, 6.45) is 1.67. The third-order valence-corrected chi connectivity index (χ3v) is 8.34. The summed E-state index contributed by atoms with van der Waals surface area (Å²) in [4.78, 5) is 30.2. The number of amides is 1. The number of rotatable bonds is 6. The van der Waals surface area contributed by atoms with E-state index in [1.165, 1.54) is 16.4 Å². The number of aryl methyl sites for hydroxylation is 2. The van der Waals surface area contributed by atoms with E-state index < -0.39 is 28.5 Å². The minimum Gasteiger partial charge on any atom is -0.451 e. The van der Waals surface area contributed by atoms with Crippen LogP contribution in [0.2, 0.25) is 0 Å². The van der Waals surface area contributed by atoms with E-state index in [0.717, 1.165) is 35.4 Å². The number of anilines is 2. The fourth-order valence-electron chi connectivity index (χ4n) is 3.83. The summed E-state index contributed by atoms with van der Waals surface area (Å²) in [7, 11) is -3.60. The number of hydrogen-bond donors (Lipinski definition) is 2. The number of nitrogens with one attached hydrogen (secondary N) is 1. The van der Waals surface area contributed by atoms with E-state index in [4.69, 9.17) is 10.5 Å². The number of esters is 1. The van der Waals surface area contributed by atoms with Gasteiger partial charge in [-0.2, -0.15) is 4.31 Å². The van der Waals surface area contributed by atoms with E-state index in [0.29, 0.717) is 29.0 Å². The van der Waals surface area contributed by atoms with Crippen molar-refractivity contribution in [2.24, 2.45) is 0 Å². The number of carbonyl (C=O) groups excluding carboxylic acids is 2. The first kappa shape index (κ1) is 23.1. The Morgan fingerprint density at radius 1 is 1.21 bits per heavy atom. The summed E-state index contributed by atoms with van der Waals surface area (Å²) in [5.74, 6) is -1.31. The number of nitrogen functional groups attached to an aromatic ring is 1. The van der Waals surface area contributed by atoms with Crippen LogP contribution in [0.15, 0.2) is 35.2 Å². The number of sulfonamides is 1. The summed E-state index contributed by atoms with van der Waals surface area (Å²) in [6.45, 7) is 4.19. The summed E-state index contributed by atoms with van der Waals surface area (Å²) in [6, 6.07) is 7.90. The predicted octanol–water partition coefficient (Wildman–Crippen LogP) is 3.08. The first-order chi connectivity index (χ1) is 15.7. The maximum atomic E-state index is 12.7. The minimum absolute atomic E-state index is 0.107. The van der Waals surface area contributed by atoms with Gasteiger partial charge in [-0.1, -0.05) is 6.07 Å². The van der Waals surface area contributed by atoms with Crippen LogP contribution in [0.3, 0.4) is 0 Å². The number of benzene rings is 1. The van der Waals surface area contributed by atoms with Crippen LogP contribution in [-0.4, -0.2) is 49.3 Å². The van der Waals surface area contributed by atoms with Crippen LogP contribution < -0.4 is 11.1 Å². The molecule has 0 bridgehead atoms. The molecule has 1 amide bonds.